The summed E-state index contributed by atoms with van der Waals surface area (Å²) in [6.45, 7) is 83.2. The van der Waals surface area contributed by atoms with Crippen LogP contribution in [-0.2, 0) is 0 Å². The van der Waals surface area contributed by atoms with Gasteiger partial charge < -0.3 is 0 Å². The van der Waals surface area contributed by atoms with Crippen LogP contribution in [0.15, 0.2) is 182 Å². The fourth-order valence-corrected chi connectivity index (χ4v) is 10.3. The first-order chi connectivity index (χ1) is 47.8. The second-order valence-corrected chi connectivity index (χ2v) is 23.2. The lowest BCUT2D eigenvalue weighted by atomic mass is 9.94. The highest BCUT2D eigenvalue weighted by atomic mass is 14.1. The number of hydrogen-bond acceptors (Lipinski definition) is 0. The van der Waals surface area contributed by atoms with Gasteiger partial charge in [-0.15, -0.1) is 0 Å². The molecule has 550 valence electrons. The summed E-state index contributed by atoms with van der Waals surface area (Å²) in [5.74, 6) is 0. The molecule has 0 atom stereocenters. The molecule has 0 saturated carbocycles. The molecule has 0 nitrogen and oxygen atoms in total. The van der Waals surface area contributed by atoms with Crippen LogP contribution >= 0.6 is 0 Å². The van der Waals surface area contributed by atoms with Crippen molar-refractivity contribution in [3.8, 4) is 55.6 Å². The lowest BCUT2D eigenvalue weighted by Crippen LogP contribution is -1.89. The van der Waals surface area contributed by atoms with Crippen LogP contribution in [0.5, 0.6) is 0 Å². The van der Waals surface area contributed by atoms with E-state index in [1.165, 1.54) is 167 Å². The van der Waals surface area contributed by atoms with Gasteiger partial charge in [0.2, 0.25) is 0 Å². The first-order valence-corrected chi connectivity index (χ1v) is 38.6. The van der Waals surface area contributed by atoms with E-state index in [0.29, 0.717) is 0 Å². The molecule has 100 heavy (non-hydrogen) atoms. The summed E-state index contributed by atoms with van der Waals surface area (Å²) < 4.78 is 0. The monoisotopic (exact) mass is 1350 g/mol. The normalized spacial score (nSPS) is 9.00. The number of hydrogen-bond donors (Lipinski definition) is 0. The predicted molar refractivity (Wildman–Crippen MR) is 468 cm³/mol. The SMILES string of the molecule is CC.CC.CC.CC.CC.CC.CC.CC.CC.CC.Cc1cc(C)cc(-c2cc(C)cc(C)c2)c1.Cc1ccc(-c2ccc(C)c(C)c2)cc1C.Cc1ccc(-c2ccc(C)c(C)c2)cc1C.Cc1ccc(-c2ccc(C)cc2C)c(C)c1.Cc1ccc(C)c(-c2cc(C)ccc2C)c1. The van der Waals surface area contributed by atoms with Gasteiger partial charge >= 0.3 is 0 Å². The van der Waals surface area contributed by atoms with E-state index in [-0.39, 0.29) is 0 Å². The lowest BCUT2D eigenvalue weighted by molar-refractivity contribution is 1.32. The Bertz CT molecular complexity index is 3370. The average molecular weight is 1350 g/mol. The van der Waals surface area contributed by atoms with Crippen molar-refractivity contribution in [2.24, 2.45) is 0 Å². The van der Waals surface area contributed by atoms with Crippen molar-refractivity contribution >= 4 is 0 Å². The standard InChI is InChI=1S/5C16H18.10C2H6/c1-11-5-12(2)8-15(7-11)16-9-13(3)6-14(4)10-16;2*1-11-5-7-15(9-13(11)3)16-8-6-12(2)14(4)10-16;1-11-5-7-15(13(3)9-11)16-8-6-12(2)10-14(16)4;1-11-5-7-13(3)15(9-11)16-10-12(2)6-8-14(16)4;10*1-2/h5*5-10H,1-4H3;10*1-2H3. The van der Waals surface area contributed by atoms with E-state index in [0.717, 1.165) is 0 Å². The zero-order chi connectivity index (χ0) is 78.5. The van der Waals surface area contributed by atoms with Crippen molar-refractivity contribution in [2.75, 3.05) is 0 Å². The maximum absolute atomic E-state index is 2.27. The molecule has 0 heterocycles. The second-order valence-electron chi connectivity index (χ2n) is 23.2. The molecular weight excluding hydrogens is 1200 g/mol. The maximum Gasteiger partial charge on any atom is -0.0149 e. The molecule has 0 aliphatic rings. The minimum absolute atomic E-state index is 1.31. The number of benzene rings is 10. The van der Waals surface area contributed by atoms with Gasteiger partial charge in [0.25, 0.3) is 0 Å². The van der Waals surface area contributed by atoms with E-state index >= 15 is 0 Å². The fraction of sp³-hybridized carbons (Fsp3) is 0.400. The van der Waals surface area contributed by atoms with Gasteiger partial charge in [-0.1, -0.05) is 365 Å². The third-order valence-electron chi connectivity index (χ3n) is 15.6. The third-order valence-corrected chi connectivity index (χ3v) is 15.6. The van der Waals surface area contributed by atoms with E-state index in [1.807, 2.05) is 138 Å². The quantitative estimate of drug-likeness (QED) is 0.161. The Kier molecular flexibility index (Phi) is 59.4. The Morgan fingerprint density at radius 1 is 0.110 bits per heavy atom. The molecule has 10 aromatic rings. The van der Waals surface area contributed by atoms with Crippen molar-refractivity contribution < 1.29 is 0 Å². The van der Waals surface area contributed by atoms with Crippen molar-refractivity contribution in [1.29, 1.82) is 0 Å². The highest BCUT2D eigenvalue weighted by Crippen LogP contribution is 2.31. The van der Waals surface area contributed by atoms with Gasteiger partial charge in [0.15, 0.2) is 0 Å². The Balaban J connectivity index is -0.000000353. The summed E-state index contributed by atoms with van der Waals surface area (Å²) in [7, 11) is 0. The molecule has 0 unspecified atom stereocenters. The van der Waals surface area contributed by atoms with Gasteiger partial charge in [0.1, 0.15) is 0 Å². The van der Waals surface area contributed by atoms with Crippen LogP contribution in [0.25, 0.3) is 55.6 Å². The molecule has 0 aliphatic carbocycles. The zero-order valence-corrected chi connectivity index (χ0v) is 72.3. The van der Waals surface area contributed by atoms with Gasteiger partial charge in [-0.2, -0.15) is 0 Å². The van der Waals surface area contributed by atoms with Crippen molar-refractivity contribution in [2.45, 2.75) is 277 Å². The van der Waals surface area contributed by atoms with Gasteiger partial charge in [0.05, 0.1) is 0 Å². The Morgan fingerprint density at radius 2 is 0.300 bits per heavy atom. The molecule has 0 saturated heterocycles. The molecule has 0 N–H and O–H groups in total. The van der Waals surface area contributed by atoms with Gasteiger partial charge in [-0.25, -0.2) is 0 Å². The largest absolute Gasteiger partial charge is 0.0683 e. The molecule has 0 fully saturated rings. The van der Waals surface area contributed by atoms with E-state index in [4.69, 9.17) is 0 Å². The summed E-state index contributed by atoms with van der Waals surface area (Å²) in [6.07, 6.45) is 0. The average Bonchev–Trinajstić information content (AvgIpc) is 0.826. The van der Waals surface area contributed by atoms with Crippen LogP contribution in [0.2, 0.25) is 0 Å². The van der Waals surface area contributed by atoms with Crippen molar-refractivity contribution in [3.63, 3.8) is 0 Å². The smallest absolute Gasteiger partial charge is 0.0149 e. The number of aryl methyl sites for hydroxylation is 20. The Labute approximate surface area is 622 Å². The lowest BCUT2D eigenvalue weighted by Gasteiger charge is -2.11. The summed E-state index contributed by atoms with van der Waals surface area (Å²) in [5.41, 5.74) is 40.2. The zero-order valence-electron chi connectivity index (χ0n) is 72.3. The molecule has 0 aliphatic heterocycles. The van der Waals surface area contributed by atoms with Gasteiger partial charge in [0, 0.05) is 0 Å². The Hall–Kier alpha value is -7.80. The van der Waals surface area contributed by atoms with Crippen LogP contribution in [0.4, 0.5) is 0 Å². The first-order valence-electron chi connectivity index (χ1n) is 38.6. The van der Waals surface area contributed by atoms with Crippen LogP contribution in [0, 0.1) is 138 Å². The first kappa shape index (κ1) is 101. The maximum atomic E-state index is 2.27. The number of rotatable bonds is 5. The molecule has 0 bridgehead atoms. The molecule has 0 amide bonds. The highest BCUT2D eigenvalue weighted by Gasteiger charge is 2.09. The molecule has 0 heteroatoms. The van der Waals surface area contributed by atoms with Crippen molar-refractivity contribution in [1.82, 2.24) is 0 Å². The van der Waals surface area contributed by atoms with Crippen molar-refractivity contribution in [3.05, 3.63) is 293 Å². The summed E-state index contributed by atoms with van der Waals surface area (Å²) in [5, 5.41) is 0. The van der Waals surface area contributed by atoms with Gasteiger partial charge in [-0.3, -0.25) is 0 Å². The molecule has 0 spiro atoms. The van der Waals surface area contributed by atoms with Crippen LogP contribution < -0.4 is 0 Å². The third kappa shape index (κ3) is 36.5. The van der Waals surface area contributed by atoms with E-state index in [2.05, 4.69) is 320 Å². The summed E-state index contributed by atoms with van der Waals surface area (Å²) in [6, 6.07) is 66.7. The molecule has 0 aromatic heterocycles. The Morgan fingerprint density at radius 3 is 0.500 bits per heavy atom. The summed E-state index contributed by atoms with van der Waals surface area (Å²) >= 11 is 0. The molecule has 0 radical (unpaired) electrons. The fourth-order valence-electron chi connectivity index (χ4n) is 10.3. The predicted octanol–water partition coefficient (Wildman–Crippen LogP) is 33.2. The topological polar surface area (TPSA) is 0 Å². The highest BCUT2D eigenvalue weighted by molar-refractivity contribution is 5.73. The van der Waals surface area contributed by atoms with Crippen LogP contribution in [0.3, 0.4) is 0 Å². The molecular formula is C100H150. The summed E-state index contributed by atoms with van der Waals surface area (Å²) in [4.78, 5) is 0. The van der Waals surface area contributed by atoms with E-state index in [1.54, 1.807) is 0 Å². The molecule has 10 aromatic carbocycles. The van der Waals surface area contributed by atoms with Crippen LogP contribution in [0.1, 0.15) is 250 Å². The van der Waals surface area contributed by atoms with Gasteiger partial charge in [-0.05, 0) is 261 Å². The van der Waals surface area contributed by atoms with Crippen LogP contribution in [-0.4, -0.2) is 0 Å². The van der Waals surface area contributed by atoms with E-state index in [9.17, 15) is 0 Å². The molecule has 10 rings (SSSR count). The minimum Gasteiger partial charge on any atom is -0.0683 e. The van der Waals surface area contributed by atoms with E-state index < -0.39 is 0 Å². The second kappa shape index (κ2) is 58.9. The minimum atomic E-state index is 1.31.